The van der Waals surface area contributed by atoms with Crippen molar-refractivity contribution in [2.45, 2.75) is 83.4 Å². The van der Waals surface area contributed by atoms with Gasteiger partial charge in [-0.25, -0.2) is 8.42 Å². The van der Waals surface area contributed by atoms with Gasteiger partial charge < -0.3 is 24.4 Å². The summed E-state index contributed by atoms with van der Waals surface area (Å²) in [6.07, 6.45) is 3.38. The number of aliphatic hydroxyl groups excluding tert-OH is 1. The second kappa shape index (κ2) is 15.7. The van der Waals surface area contributed by atoms with E-state index in [0.29, 0.717) is 18.9 Å². The Kier molecular flexibility index (Phi) is 12.7. The zero-order chi connectivity index (χ0) is 30.9. The maximum Gasteiger partial charge on any atom is 0.261 e. The minimum Gasteiger partial charge on any atom is -0.490 e. The van der Waals surface area contributed by atoms with Crippen LogP contribution in [0.4, 0.5) is 5.69 Å². The summed E-state index contributed by atoms with van der Waals surface area (Å²) in [4.78, 5) is 18.3. The lowest BCUT2D eigenvalue weighted by molar-refractivity contribution is -0.0167. The Labute approximate surface area is 252 Å². The number of nitrogens with zero attached hydrogens (tertiary/aromatic N) is 2. The van der Waals surface area contributed by atoms with Crippen LogP contribution < -0.4 is 9.46 Å². The van der Waals surface area contributed by atoms with Gasteiger partial charge in [0.25, 0.3) is 15.9 Å². The number of amides is 1. The Bertz CT molecular complexity index is 1250. The summed E-state index contributed by atoms with van der Waals surface area (Å²) >= 11 is 0. The molecule has 234 valence electrons. The number of sulfonamides is 1. The molecule has 0 radical (unpaired) electrons. The van der Waals surface area contributed by atoms with Crippen molar-refractivity contribution in [1.29, 1.82) is 0 Å². The van der Waals surface area contributed by atoms with E-state index < -0.39 is 16.1 Å². The van der Waals surface area contributed by atoms with Crippen LogP contribution in [-0.2, 0) is 14.8 Å². The number of aryl methyl sites for hydroxylation is 1. The quantitative estimate of drug-likeness (QED) is 0.418. The van der Waals surface area contributed by atoms with Gasteiger partial charge in [0.05, 0.1) is 35.3 Å². The van der Waals surface area contributed by atoms with E-state index in [1.165, 1.54) is 6.07 Å². The first-order valence-corrected chi connectivity index (χ1v) is 16.6. The Morgan fingerprint density at radius 3 is 2.52 bits per heavy atom. The molecule has 2 aromatic rings. The van der Waals surface area contributed by atoms with E-state index in [2.05, 4.69) is 30.5 Å². The molecule has 0 aliphatic carbocycles. The van der Waals surface area contributed by atoms with Gasteiger partial charge in [0, 0.05) is 31.3 Å². The Balaban J connectivity index is 2.00. The summed E-state index contributed by atoms with van der Waals surface area (Å²) in [5, 5.41) is 10.1. The third kappa shape index (κ3) is 9.42. The number of rotatable bonds is 9. The number of hydrogen-bond donors (Lipinski definition) is 2. The maximum atomic E-state index is 14.2. The molecule has 0 bridgehead atoms. The Morgan fingerprint density at radius 1 is 1.14 bits per heavy atom. The molecule has 3 rings (SSSR count). The van der Waals surface area contributed by atoms with Crippen LogP contribution in [0.2, 0.25) is 0 Å². The zero-order valence-electron chi connectivity index (χ0n) is 26.0. The van der Waals surface area contributed by atoms with Crippen molar-refractivity contribution < 1.29 is 27.8 Å². The summed E-state index contributed by atoms with van der Waals surface area (Å²) in [5.41, 5.74) is 1.46. The van der Waals surface area contributed by atoms with Crippen molar-refractivity contribution in [3.05, 3.63) is 53.6 Å². The van der Waals surface area contributed by atoms with E-state index in [4.69, 9.17) is 9.47 Å². The summed E-state index contributed by atoms with van der Waals surface area (Å²) in [5.74, 6) is 0.0394. The van der Waals surface area contributed by atoms with E-state index >= 15 is 0 Å². The highest BCUT2D eigenvalue weighted by Crippen LogP contribution is 2.29. The molecule has 0 aromatic heterocycles. The van der Waals surface area contributed by atoms with Crippen molar-refractivity contribution in [1.82, 2.24) is 9.80 Å². The number of carbonyl (C=O) groups excluding carboxylic acids is 1. The second-order valence-electron chi connectivity index (χ2n) is 11.7. The first-order chi connectivity index (χ1) is 19.9. The minimum absolute atomic E-state index is 0.0169. The summed E-state index contributed by atoms with van der Waals surface area (Å²) in [6.45, 7) is 12.4. The molecular formula is C32H49N3O6S. The number of hydrogen-bond acceptors (Lipinski definition) is 7. The molecule has 9 nitrogen and oxygen atoms in total. The summed E-state index contributed by atoms with van der Waals surface area (Å²) < 4.78 is 41.5. The van der Waals surface area contributed by atoms with Gasteiger partial charge in [0.2, 0.25) is 0 Å². The van der Waals surface area contributed by atoms with Gasteiger partial charge in [-0.3, -0.25) is 9.52 Å². The van der Waals surface area contributed by atoms with Gasteiger partial charge >= 0.3 is 0 Å². The minimum atomic E-state index is -3.88. The van der Waals surface area contributed by atoms with E-state index in [1.807, 2.05) is 13.8 Å². The molecule has 2 aromatic carbocycles. The predicted molar refractivity (Wildman–Crippen MR) is 167 cm³/mol. The van der Waals surface area contributed by atoms with Crippen molar-refractivity contribution >= 4 is 21.6 Å². The van der Waals surface area contributed by atoms with Crippen LogP contribution in [0.15, 0.2) is 47.4 Å². The van der Waals surface area contributed by atoms with Gasteiger partial charge in [-0.2, -0.15) is 0 Å². The summed E-state index contributed by atoms with van der Waals surface area (Å²) in [6, 6.07) is 10.9. The van der Waals surface area contributed by atoms with Crippen LogP contribution in [-0.4, -0.2) is 87.4 Å². The Morgan fingerprint density at radius 2 is 1.86 bits per heavy atom. The van der Waals surface area contributed by atoms with Crippen molar-refractivity contribution in [3.8, 4) is 5.75 Å². The molecule has 42 heavy (non-hydrogen) atoms. The number of aliphatic hydroxyl groups is 1. The molecule has 0 unspecified atom stereocenters. The SMILES string of the molecule is CCCN(C)C[C@H]1OCCCC[C@H](C)Oc2ccc(NS(=O)(=O)c3ccc(C)cc3)cc2C(=O)N([C@@H](C)CO)C[C@@H]1C. The fourth-order valence-electron chi connectivity index (χ4n) is 5.16. The van der Waals surface area contributed by atoms with Crippen LogP contribution in [0.25, 0.3) is 0 Å². The van der Waals surface area contributed by atoms with Crippen molar-refractivity contribution in [3.63, 3.8) is 0 Å². The number of ether oxygens (including phenoxy) is 2. The first-order valence-electron chi connectivity index (χ1n) is 15.1. The van der Waals surface area contributed by atoms with Crippen LogP contribution in [0.5, 0.6) is 5.75 Å². The molecule has 10 heteroatoms. The number of benzene rings is 2. The standard InChI is InChI=1S/C32H49N3O6S/c1-7-17-34(6)21-31-24(3)20-35(25(4)22-36)32(37)29-19-27(33-42(38,39)28-14-11-23(2)12-15-28)13-16-30(29)41-26(5)10-8-9-18-40-31/h11-16,19,24-26,31,33,36H,7-10,17-18,20-22H2,1-6H3/t24-,25-,26-,31+/m0/s1. The van der Waals surface area contributed by atoms with Gasteiger partial charge in [0.1, 0.15) is 5.75 Å². The number of anilines is 1. The topological polar surface area (TPSA) is 108 Å². The lowest BCUT2D eigenvalue weighted by atomic mass is 10.0. The van der Waals surface area contributed by atoms with Crippen molar-refractivity contribution in [2.24, 2.45) is 5.92 Å². The molecule has 1 aliphatic heterocycles. The highest BCUT2D eigenvalue weighted by molar-refractivity contribution is 7.92. The average molecular weight is 604 g/mol. The second-order valence-corrected chi connectivity index (χ2v) is 13.4. The molecule has 2 N–H and O–H groups in total. The highest BCUT2D eigenvalue weighted by atomic mass is 32.2. The molecule has 1 heterocycles. The largest absolute Gasteiger partial charge is 0.490 e. The molecule has 0 spiro atoms. The van der Waals surface area contributed by atoms with Gasteiger partial charge in [0.15, 0.2) is 0 Å². The normalized spacial score (nSPS) is 21.8. The third-order valence-corrected chi connectivity index (χ3v) is 9.13. The molecule has 0 fully saturated rings. The van der Waals surface area contributed by atoms with Gasteiger partial charge in [-0.05, 0) is 90.4 Å². The van der Waals surface area contributed by atoms with Crippen molar-refractivity contribution in [2.75, 3.05) is 44.6 Å². The summed E-state index contributed by atoms with van der Waals surface area (Å²) in [7, 11) is -1.80. The average Bonchev–Trinajstić information content (AvgIpc) is 2.94. The predicted octanol–water partition coefficient (Wildman–Crippen LogP) is 4.93. The van der Waals surface area contributed by atoms with Crippen LogP contribution in [0.3, 0.4) is 0 Å². The number of likely N-dealkylation sites (N-methyl/N-ethyl adjacent to an activating group) is 1. The molecular weight excluding hydrogens is 554 g/mol. The van der Waals surface area contributed by atoms with Crippen LogP contribution >= 0.6 is 0 Å². The lowest BCUT2D eigenvalue weighted by Crippen LogP contribution is -2.47. The fraction of sp³-hybridized carbons (Fsp3) is 0.594. The highest BCUT2D eigenvalue weighted by Gasteiger charge is 2.30. The van der Waals surface area contributed by atoms with Gasteiger partial charge in [-0.1, -0.05) is 31.5 Å². The van der Waals surface area contributed by atoms with E-state index in [1.54, 1.807) is 48.2 Å². The lowest BCUT2D eigenvalue weighted by Gasteiger charge is -2.35. The number of carbonyl (C=O) groups is 1. The molecule has 0 saturated carbocycles. The Hall–Kier alpha value is -2.66. The number of fused-ring (bicyclic) bond motifs is 1. The van der Waals surface area contributed by atoms with E-state index in [-0.39, 0.29) is 46.8 Å². The van der Waals surface area contributed by atoms with Crippen LogP contribution in [0, 0.1) is 12.8 Å². The van der Waals surface area contributed by atoms with E-state index in [9.17, 15) is 18.3 Å². The molecule has 4 atom stereocenters. The zero-order valence-corrected chi connectivity index (χ0v) is 26.8. The maximum absolute atomic E-state index is 14.2. The molecule has 1 amide bonds. The smallest absolute Gasteiger partial charge is 0.261 e. The monoisotopic (exact) mass is 603 g/mol. The first kappa shape index (κ1) is 33.8. The van der Waals surface area contributed by atoms with Gasteiger partial charge in [-0.15, -0.1) is 0 Å². The fourth-order valence-corrected chi connectivity index (χ4v) is 6.21. The van der Waals surface area contributed by atoms with Crippen LogP contribution in [0.1, 0.15) is 69.3 Å². The molecule has 1 aliphatic rings. The van der Waals surface area contributed by atoms with E-state index in [0.717, 1.165) is 44.3 Å². The third-order valence-electron chi connectivity index (χ3n) is 7.73. The molecule has 0 saturated heterocycles. The number of nitrogens with one attached hydrogen (secondary N) is 1.